The van der Waals surface area contributed by atoms with E-state index in [-0.39, 0.29) is 4.90 Å². The van der Waals surface area contributed by atoms with Crippen LogP contribution in [0.2, 0.25) is 10.0 Å². The van der Waals surface area contributed by atoms with Gasteiger partial charge in [0.05, 0.1) is 33.3 Å². The molecule has 0 atom stereocenters. The SMILES string of the molecule is CCn1c(=NC(=O)c2ccc(S(=O)(=O)N3CCOCC3)cc2)sc2cc(Cl)cc(Cl)c21. The van der Waals surface area contributed by atoms with Crippen LogP contribution < -0.4 is 4.80 Å². The van der Waals surface area contributed by atoms with Gasteiger partial charge in [-0.2, -0.15) is 9.30 Å². The Balaban J connectivity index is 1.66. The van der Waals surface area contributed by atoms with Gasteiger partial charge in [0.15, 0.2) is 4.80 Å². The highest BCUT2D eigenvalue weighted by molar-refractivity contribution is 7.89. The highest BCUT2D eigenvalue weighted by Crippen LogP contribution is 2.29. The molecule has 0 unspecified atom stereocenters. The van der Waals surface area contributed by atoms with Crippen LogP contribution >= 0.6 is 34.5 Å². The lowest BCUT2D eigenvalue weighted by atomic mass is 10.2. The van der Waals surface area contributed by atoms with Crippen molar-refractivity contribution in [2.45, 2.75) is 18.4 Å². The second-order valence-corrected chi connectivity index (χ2v) is 10.6. The van der Waals surface area contributed by atoms with Gasteiger partial charge in [0.2, 0.25) is 10.0 Å². The summed E-state index contributed by atoms with van der Waals surface area (Å²) in [6, 6.07) is 9.27. The van der Waals surface area contributed by atoms with Crippen molar-refractivity contribution in [2.24, 2.45) is 4.99 Å². The van der Waals surface area contributed by atoms with Crippen molar-refractivity contribution >= 4 is 60.7 Å². The van der Waals surface area contributed by atoms with Gasteiger partial charge in [-0.3, -0.25) is 4.79 Å². The standard InChI is InChI=1S/C20H19Cl2N3O4S2/c1-2-25-18-16(22)11-14(21)12-17(18)30-20(25)23-19(26)13-3-5-15(6-4-13)31(27,28)24-7-9-29-10-8-24/h3-6,11-12H,2,7-10H2,1H3. The fourth-order valence-corrected chi connectivity index (χ4v) is 6.65. The number of carbonyl (C=O) groups excluding carboxylic acids is 1. The van der Waals surface area contributed by atoms with Crippen LogP contribution in [0, 0.1) is 0 Å². The van der Waals surface area contributed by atoms with E-state index in [0.717, 1.165) is 10.2 Å². The number of sulfonamides is 1. The monoisotopic (exact) mass is 499 g/mol. The van der Waals surface area contributed by atoms with Crippen molar-refractivity contribution in [3.8, 4) is 0 Å². The summed E-state index contributed by atoms with van der Waals surface area (Å²) in [6.07, 6.45) is 0. The summed E-state index contributed by atoms with van der Waals surface area (Å²) in [4.78, 5) is 17.7. The van der Waals surface area contributed by atoms with Crippen molar-refractivity contribution in [1.29, 1.82) is 0 Å². The van der Waals surface area contributed by atoms with E-state index in [2.05, 4.69) is 4.99 Å². The number of ether oxygens (including phenoxy) is 1. The number of aromatic nitrogens is 1. The highest BCUT2D eigenvalue weighted by Gasteiger charge is 2.26. The molecule has 2 heterocycles. The maximum Gasteiger partial charge on any atom is 0.279 e. The van der Waals surface area contributed by atoms with Crippen LogP contribution in [-0.4, -0.2) is 49.5 Å². The Hall–Kier alpha value is -1.75. The largest absolute Gasteiger partial charge is 0.379 e. The Morgan fingerprint density at radius 2 is 1.84 bits per heavy atom. The minimum Gasteiger partial charge on any atom is -0.379 e. The lowest BCUT2D eigenvalue weighted by Crippen LogP contribution is -2.40. The number of carbonyl (C=O) groups is 1. The van der Waals surface area contributed by atoms with E-state index in [1.165, 1.54) is 39.9 Å². The van der Waals surface area contributed by atoms with E-state index in [1.807, 2.05) is 11.5 Å². The maximum atomic E-state index is 12.8. The molecule has 0 N–H and O–H groups in total. The predicted molar refractivity (Wildman–Crippen MR) is 121 cm³/mol. The van der Waals surface area contributed by atoms with Gasteiger partial charge in [0.1, 0.15) is 0 Å². The zero-order chi connectivity index (χ0) is 22.2. The van der Waals surface area contributed by atoms with Crippen molar-refractivity contribution < 1.29 is 17.9 Å². The number of morpholine rings is 1. The minimum atomic E-state index is -3.62. The molecule has 0 bridgehead atoms. The van der Waals surface area contributed by atoms with Crippen LogP contribution in [0.4, 0.5) is 0 Å². The first kappa shape index (κ1) is 22.4. The summed E-state index contributed by atoms with van der Waals surface area (Å²) >= 11 is 13.8. The van der Waals surface area contributed by atoms with Gasteiger partial charge in [-0.1, -0.05) is 34.5 Å². The molecule has 1 fully saturated rings. The Kier molecular flexibility index (Phi) is 6.52. The Labute approximate surface area is 193 Å². The van der Waals surface area contributed by atoms with Crippen molar-refractivity contribution in [3.63, 3.8) is 0 Å². The first-order chi connectivity index (χ1) is 14.8. The number of aryl methyl sites for hydroxylation is 1. The number of rotatable bonds is 4. The normalized spacial score (nSPS) is 16.2. The third kappa shape index (κ3) is 4.44. The number of benzene rings is 2. The van der Waals surface area contributed by atoms with Crippen molar-refractivity contribution in [3.05, 3.63) is 56.8 Å². The van der Waals surface area contributed by atoms with Gasteiger partial charge in [-0.25, -0.2) is 8.42 Å². The highest BCUT2D eigenvalue weighted by atomic mass is 35.5. The lowest BCUT2D eigenvalue weighted by Gasteiger charge is -2.26. The third-order valence-corrected chi connectivity index (χ3v) is 8.36. The Morgan fingerprint density at radius 1 is 1.16 bits per heavy atom. The zero-order valence-electron chi connectivity index (χ0n) is 16.5. The van der Waals surface area contributed by atoms with Crippen LogP contribution in [0.5, 0.6) is 0 Å². The van der Waals surface area contributed by atoms with Gasteiger partial charge in [-0.15, -0.1) is 0 Å². The van der Waals surface area contributed by atoms with E-state index in [9.17, 15) is 13.2 Å². The second-order valence-electron chi connectivity index (χ2n) is 6.82. The number of halogens is 2. The maximum absolute atomic E-state index is 12.8. The number of fused-ring (bicyclic) bond motifs is 1. The van der Waals surface area contributed by atoms with Crippen LogP contribution in [0.15, 0.2) is 46.3 Å². The Bertz CT molecular complexity index is 1310. The molecule has 0 radical (unpaired) electrons. The van der Waals surface area contributed by atoms with Crippen LogP contribution in [0.25, 0.3) is 10.2 Å². The average molecular weight is 500 g/mol. The van der Waals surface area contributed by atoms with Crippen molar-refractivity contribution in [1.82, 2.24) is 8.87 Å². The first-order valence-electron chi connectivity index (χ1n) is 9.56. The summed E-state index contributed by atoms with van der Waals surface area (Å²) < 4.78 is 34.8. The minimum absolute atomic E-state index is 0.137. The van der Waals surface area contributed by atoms with E-state index < -0.39 is 15.9 Å². The molecule has 1 aliphatic heterocycles. The van der Waals surface area contributed by atoms with Gasteiger partial charge < -0.3 is 9.30 Å². The average Bonchev–Trinajstić information content (AvgIpc) is 3.11. The number of hydrogen-bond acceptors (Lipinski definition) is 5. The van der Waals surface area contributed by atoms with Gasteiger partial charge in [0, 0.05) is 30.2 Å². The number of thiazole rings is 1. The molecule has 2 aromatic carbocycles. The van der Waals surface area contributed by atoms with Crippen molar-refractivity contribution in [2.75, 3.05) is 26.3 Å². The van der Waals surface area contributed by atoms with E-state index in [4.69, 9.17) is 27.9 Å². The third-order valence-electron chi connectivity index (χ3n) is 4.92. The molecule has 11 heteroatoms. The molecule has 1 saturated heterocycles. The quantitative estimate of drug-likeness (QED) is 0.546. The molecule has 3 aromatic rings. The molecule has 4 rings (SSSR count). The fraction of sp³-hybridized carbons (Fsp3) is 0.300. The van der Waals surface area contributed by atoms with Gasteiger partial charge in [-0.05, 0) is 43.3 Å². The zero-order valence-corrected chi connectivity index (χ0v) is 19.7. The first-order valence-corrected chi connectivity index (χ1v) is 12.6. The number of nitrogens with zero attached hydrogens (tertiary/aromatic N) is 3. The molecular weight excluding hydrogens is 481 g/mol. The molecule has 0 saturated carbocycles. The van der Waals surface area contributed by atoms with Gasteiger partial charge >= 0.3 is 0 Å². The van der Waals surface area contributed by atoms with Gasteiger partial charge in [0.25, 0.3) is 5.91 Å². The molecule has 1 amide bonds. The number of hydrogen-bond donors (Lipinski definition) is 0. The van der Waals surface area contributed by atoms with E-state index >= 15 is 0 Å². The molecule has 0 aliphatic carbocycles. The predicted octanol–water partition coefficient (Wildman–Crippen LogP) is 3.79. The molecule has 7 nitrogen and oxygen atoms in total. The summed E-state index contributed by atoms with van der Waals surface area (Å²) in [6.45, 7) is 3.88. The van der Waals surface area contributed by atoms with Crippen LogP contribution in [-0.2, 0) is 21.3 Å². The molecule has 164 valence electrons. The fourth-order valence-electron chi connectivity index (χ4n) is 3.36. The molecule has 31 heavy (non-hydrogen) atoms. The summed E-state index contributed by atoms with van der Waals surface area (Å²) in [5, 5.41) is 1.00. The smallest absolute Gasteiger partial charge is 0.279 e. The topological polar surface area (TPSA) is 81.0 Å². The second kappa shape index (κ2) is 9.01. The number of amides is 1. The molecule has 1 aliphatic rings. The lowest BCUT2D eigenvalue weighted by molar-refractivity contribution is 0.0730. The molecule has 0 spiro atoms. The summed E-state index contributed by atoms with van der Waals surface area (Å²) in [5.74, 6) is -0.466. The van der Waals surface area contributed by atoms with Crippen LogP contribution in [0.3, 0.4) is 0 Å². The Morgan fingerprint density at radius 3 is 2.48 bits per heavy atom. The molecular formula is C20H19Cl2N3O4S2. The summed E-state index contributed by atoms with van der Waals surface area (Å²) in [5.41, 5.74) is 1.07. The molecule has 1 aromatic heterocycles. The van der Waals surface area contributed by atoms with Crippen LogP contribution in [0.1, 0.15) is 17.3 Å². The van der Waals surface area contributed by atoms with E-state index in [1.54, 1.807) is 12.1 Å². The summed E-state index contributed by atoms with van der Waals surface area (Å²) in [7, 11) is -3.62. The van der Waals surface area contributed by atoms with E-state index in [0.29, 0.717) is 53.3 Å².